The van der Waals surface area contributed by atoms with Gasteiger partial charge in [0.05, 0.1) is 9.35 Å². The second-order valence-electron chi connectivity index (χ2n) is 3.93. The molecule has 1 N–H and O–H groups in total. The highest BCUT2D eigenvalue weighted by Crippen LogP contribution is 2.21. The Morgan fingerprint density at radius 1 is 1.44 bits per heavy atom. The first kappa shape index (κ1) is 11.8. The monoisotopic (exact) mass is 301 g/mol. The van der Waals surface area contributed by atoms with Gasteiger partial charge in [-0.1, -0.05) is 0 Å². The second-order valence-corrected chi connectivity index (χ2v) is 6.22. The standard InChI is InChI=1S/C11H12BrNO2S/c12-10-5-7(6-16-10)11(15)13-8-1-3-9(14)4-2-8/h5-6,8H,1-4H2,(H,13,15). The summed E-state index contributed by atoms with van der Waals surface area (Å²) in [6.45, 7) is 0. The Bertz CT molecular complexity index is 406. The van der Waals surface area contributed by atoms with Gasteiger partial charge in [0.25, 0.3) is 5.91 Å². The van der Waals surface area contributed by atoms with Crippen molar-refractivity contribution < 1.29 is 9.59 Å². The van der Waals surface area contributed by atoms with Gasteiger partial charge in [-0.3, -0.25) is 9.59 Å². The summed E-state index contributed by atoms with van der Waals surface area (Å²) < 4.78 is 0.955. The van der Waals surface area contributed by atoms with Gasteiger partial charge in [-0.25, -0.2) is 0 Å². The van der Waals surface area contributed by atoms with Gasteiger partial charge in [0, 0.05) is 24.3 Å². The minimum Gasteiger partial charge on any atom is -0.349 e. The first-order chi connectivity index (χ1) is 7.65. The molecule has 0 aromatic carbocycles. The van der Waals surface area contributed by atoms with Crippen molar-refractivity contribution in [3.05, 3.63) is 20.8 Å². The maximum absolute atomic E-state index is 11.8. The lowest BCUT2D eigenvalue weighted by molar-refractivity contribution is -0.120. The van der Waals surface area contributed by atoms with Gasteiger partial charge in [0.2, 0.25) is 0 Å². The molecule has 86 valence electrons. The zero-order valence-electron chi connectivity index (χ0n) is 8.66. The predicted octanol–water partition coefficient (Wildman–Crippen LogP) is 2.75. The van der Waals surface area contributed by atoms with Crippen molar-refractivity contribution in [1.29, 1.82) is 0 Å². The molecule has 0 unspecified atom stereocenters. The Morgan fingerprint density at radius 2 is 2.12 bits per heavy atom. The molecular weight excluding hydrogens is 290 g/mol. The minimum atomic E-state index is -0.0405. The fraction of sp³-hybridized carbons (Fsp3) is 0.455. The van der Waals surface area contributed by atoms with Gasteiger partial charge >= 0.3 is 0 Å². The number of thiophene rings is 1. The normalized spacial score (nSPS) is 17.4. The van der Waals surface area contributed by atoms with Gasteiger partial charge in [-0.05, 0) is 34.8 Å². The van der Waals surface area contributed by atoms with E-state index in [1.807, 2.05) is 11.4 Å². The van der Waals surface area contributed by atoms with Crippen molar-refractivity contribution in [2.24, 2.45) is 0 Å². The number of ketones is 1. The molecule has 5 heteroatoms. The van der Waals surface area contributed by atoms with E-state index >= 15 is 0 Å². The van der Waals surface area contributed by atoms with Crippen LogP contribution in [0.1, 0.15) is 36.0 Å². The average Bonchev–Trinajstić information content (AvgIpc) is 2.68. The molecule has 0 radical (unpaired) electrons. The first-order valence-corrected chi connectivity index (χ1v) is 6.89. The number of Topliss-reactive ketones (excluding diaryl/α,β-unsaturated/α-hetero) is 1. The smallest absolute Gasteiger partial charge is 0.252 e. The number of rotatable bonds is 2. The lowest BCUT2D eigenvalue weighted by Crippen LogP contribution is -2.37. The van der Waals surface area contributed by atoms with Gasteiger partial charge < -0.3 is 5.32 Å². The van der Waals surface area contributed by atoms with Gasteiger partial charge in [-0.15, -0.1) is 11.3 Å². The third-order valence-corrected chi connectivity index (χ3v) is 4.21. The first-order valence-electron chi connectivity index (χ1n) is 5.22. The van der Waals surface area contributed by atoms with E-state index in [9.17, 15) is 9.59 Å². The zero-order chi connectivity index (χ0) is 11.5. The average molecular weight is 302 g/mol. The van der Waals surface area contributed by atoms with E-state index in [4.69, 9.17) is 0 Å². The van der Waals surface area contributed by atoms with Gasteiger partial charge in [0.15, 0.2) is 0 Å². The number of halogens is 1. The molecule has 1 fully saturated rings. The Kier molecular flexibility index (Phi) is 3.76. The number of nitrogens with one attached hydrogen (secondary N) is 1. The largest absolute Gasteiger partial charge is 0.349 e. The molecule has 2 rings (SSSR count). The van der Waals surface area contributed by atoms with Crippen LogP contribution in [0.5, 0.6) is 0 Å². The van der Waals surface area contributed by atoms with Crippen LogP contribution in [0, 0.1) is 0 Å². The van der Waals surface area contributed by atoms with Crippen molar-refractivity contribution in [1.82, 2.24) is 5.32 Å². The Morgan fingerprint density at radius 3 is 2.69 bits per heavy atom. The lowest BCUT2D eigenvalue weighted by Gasteiger charge is -2.21. The van der Waals surface area contributed by atoms with Crippen LogP contribution < -0.4 is 5.32 Å². The number of amides is 1. The molecule has 0 aliphatic heterocycles. The van der Waals surface area contributed by atoms with Crippen LogP contribution in [0.25, 0.3) is 0 Å². The molecule has 0 bridgehead atoms. The summed E-state index contributed by atoms with van der Waals surface area (Å²) in [6.07, 6.45) is 2.74. The van der Waals surface area contributed by atoms with Crippen LogP contribution >= 0.6 is 27.3 Å². The second kappa shape index (κ2) is 5.10. The summed E-state index contributed by atoms with van der Waals surface area (Å²) >= 11 is 4.82. The van der Waals surface area contributed by atoms with E-state index in [-0.39, 0.29) is 11.9 Å². The molecule has 1 heterocycles. The summed E-state index contributed by atoms with van der Waals surface area (Å²) in [5, 5.41) is 4.79. The molecule has 1 aliphatic rings. The number of hydrogen-bond acceptors (Lipinski definition) is 3. The van der Waals surface area contributed by atoms with E-state index in [0.29, 0.717) is 24.2 Å². The summed E-state index contributed by atoms with van der Waals surface area (Å²) in [6, 6.07) is 1.97. The molecule has 1 saturated carbocycles. The molecule has 0 atom stereocenters. The van der Waals surface area contributed by atoms with Crippen LogP contribution in [0.15, 0.2) is 15.2 Å². The Balaban J connectivity index is 1.90. The maximum Gasteiger partial charge on any atom is 0.252 e. The van der Waals surface area contributed by atoms with Crippen molar-refractivity contribution in [3.8, 4) is 0 Å². The quantitative estimate of drug-likeness (QED) is 0.913. The molecule has 1 aromatic rings. The molecule has 1 aliphatic carbocycles. The van der Waals surface area contributed by atoms with E-state index in [1.165, 1.54) is 11.3 Å². The highest BCUT2D eigenvalue weighted by Gasteiger charge is 2.20. The molecule has 1 amide bonds. The van der Waals surface area contributed by atoms with E-state index in [2.05, 4.69) is 21.2 Å². The van der Waals surface area contributed by atoms with Crippen molar-refractivity contribution >= 4 is 39.0 Å². The zero-order valence-corrected chi connectivity index (χ0v) is 11.1. The molecule has 0 saturated heterocycles. The van der Waals surface area contributed by atoms with Crippen LogP contribution in [0.4, 0.5) is 0 Å². The van der Waals surface area contributed by atoms with Crippen LogP contribution in [-0.4, -0.2) is 17.7 Å². The predicted molar refractivity (Wildman–Crippen MR) is 66.7 cm³/mol. The molecular formula is C11H12BrNO2S. The molecule has 0 spiro atoms. The summed E-state index contributed by atoms with van der Waals surface area (Å²) in [5.41, 5.74) is 0.689. The minimum absolute atomic E-state index is 0.0405. The maximum atomic E-state index is 11.8. The van der Waals surface area contributed by atoms with Crippen LogP contribution in [-0.2, 0) is 4.79 Å². The van der Waals surface area contributed by atoms with Crippen molar-refractivity contribution in [3.63, 3.8) is 0 Å². The third kappa shape index (κ3) is 2.92. The highest BCUT2D eigenvalue weighted by atomic mass is 79.9. The molecule has 1 aromatic heterocycles. The number of carbonyl (C=O) groups excluding carboxylic acids is 2. The van der Waals surface area contributed by atoms with Crippen molar-refractivity contribution in [2.45, 2.75) is 31.7 Å². The van der Waals surface area contributed by atoms with Crippen molar-refractivity contribution in [2.75, 3.05) is 0 Å². The van der Waals surface area contributed by atoms with Gasteiger partial charge in [-0.2, -0.15) is 0 Å². The summed E-state index contributed by atoms with van der Waals surface area (Å²) in [5.74, 6) is 0.269. The van der Waals surface area contributed by atoms with Crippen LogP contribution in [0.2, 0.25) is 0 Å². The number of hydrogen-bond donors (Lipinski definition) is 1. The number of carbonyl (C=O) groups is 2. The SMILES string of the molecule is O=C1CCC(NC(=O)c2csc(Br)c2)CC1. The Hall–Kier alpha value is -0.680. The topological polar surface area (TPSA) is 46.2 Å². The van der Waals surface area contributed by atoms with E-state index in [0.717, 1.165) is 16.6 Å². The lowest BCUT2D eigenvalue weighted by atomic mass is 9.94. The van der Waals surface area contributed by atoms with E-state index in [1.54, 1.807) is 0 Å². The van der Waals surface area contributed by atoms with Gasteiger partial charge in [0.1, 0.15) is 5.78 Å². The fourth-order valence-electron chi connectivity index (χ4n) is 1.78. The van der Waals surface area contributed by atoms with Crippen LogP contribution in [0.3, 0.4) is 0 Å². The summed E-state index contributed by atoms with van der Waals surface area (Å²) in [4.78, 5) is 22.8. The third-order valence-electron chi connectivity index (χ3n) is 2.71. The highest BCUT2D eigenvalue weighted by molar-refractivity contribution is 9.11. The molecule has 3 nitrogen and oxygen atoms in total. The Labute approximate surface area is 106 Å². The molecule has 16 heavy (non-hydrogen) atoms. The summed E-state index contributed by atoms with van der Waals surface area (Å²) in [7, 11) is 0. The van der Waals surface area contributed by atoms with E-state index < -0.39 is 0 Å². The fourth-order valence-corrected chi connectivity index (χ4v) is 2.92.